The number of methoxy groups -OCH3 is 1. The van der Waals surface area contributed by atoms with Crippen LogP contribution in [0.15, 0.2) is 36.5 Å². The van der Waals surface area contributed by atoms with Crippen molar-refractivity contribution < 1.29 is 9.53 Å². The highest BCUT2D eigenvalue weighted by Crippen LogP contribution is 2.20. The largest absolute Gasteiger partial charge is 0.382 e. The fourth-order valence-electron chi connectivity index (χ4n) is 2.80. The standard InChI is InChI=1S/C18H21N5O2/c1-12-9-17-20-15(10-13(2)23(17)21-12)18(24)22(3)16(11-25-4)14-7-5-6-8-19-14/h5-10,16H,11H2,1-4H3. The van der Waals surface area contributed by atoms with Crippen molar-refractivity contribution in [3.8, 4) is 0 Å². The lowest BCUT2D eigenvalue weighted by molar-refractivity contribution is 0.0589. The quantitative estimate of drug-likeness (QED) is 0.712. The molecule has 0 saturated carbocycles. The highest BCUT2D eigenvalue weighted by molar-refractivity contribution is 5.93. The third kappa shape index (κ3) is 3.36. The Balaban J connectivity index is 1.95. The molecule has 0 fully saturated rings. The maximum atomic E-state index is 13.0. The fourth-order valence-corrected chi connectivity index (χ4v) is 2.80. The van der Waals surface area contributed by atoms with Crippen molar-refractivity contribution in [2.75, 3.05) is 20.8 Å². The number of carbonyl (C=O) groups excluding carboxylic acids is 1. The molecule has 0 aliphatic rings. The summed E-state index contributed by atoms with van der Waals surface area (Å²) >= 11 is 0. The molecule has 0 spiro atoms. The fraction of sp³-hybridized carbons (Fsp3) is 0.333. The second-order valence-corrected chi connectivity index (χ2v) is 5.98. The van der Waals surface area contributed by atoms with Gasteiger partial charge in [0.25, 0.3) is 5.91 Å². The molecule has 0 aliphatic carbocycles. The van der Waals surface area contributed by atoms with Gasteiger partial charge in [-0.25, -0.2) is 9.50 Å². The van der Waals surface area contributed by atoms with E-state index in [4.69, 9.17) is 4.74 Å². The van der Waals surface area contributed by atoms with Gasteiger partial charge in [0, 0.05) is 32.1 Å². The van der Waals surface area contributed by atoms with Gasteiger partial charge in [-0.2, -0.15) is 5.10 Å². The molecule has 7 heteroatoms. The predicted octanol–water partition coefficient (Wildman–Crippen LogP) is 2.20. The van der Waals surface area contributed by atoms with E-state index in [1.165, 1.54) is 0 Å². The molecule has 0 radical (unpaired) electrons. The highest BCUT2D eigenvalue weighted by Gasteiger charge is 2.25. The predicted molar refractivity (Wildman–Crippen MR) is 93.4 cm³/mol. The number of amides is 1. The average molecular weight is 339 g/mol. The molecular weight excluding hydrogens is 318 g/mol. The zero-order valence-electron chi connectivity index (χ0n) is 14.8. The number of aryl methyl sites for hydroxylation is 2. The molecule has 3 aromatic heterocycles. The third-order valence-corrected chi connectivity index (χ3v) is 4.09. The van der Waals surface area contributed by atoms with Gasteiger partial charge in [0.2, 0.25) is 0 Å². The number of fused-ring (bicyclic) bond motifs is 1. The summed E-state index contributed by atoms with van der Waals surface area (Å²) in [5.74, 6) is -0.183. The first-order valence-corrected chi connectivity index (χ1v) is 8.02. The number of carbonyl (C=O) groups is 1. The van der Waals surface area contributed by atoms with Crippen molar-refractivity contribution in [2.45, 2.75) is 19.9 Å². The Bertz CT molecular complexity index is 891. The molecule has 3 rings (SSSR count). The van der Waals surface area contributed by atoms with Gasteiger partial charge in [-0.1, -0.05) is 6.07 Å². The van der Waals surface area contributed by atoms with Crippen LogP contribution < -0.4 is 0 Å². The van der Waals surface area contributed by atoms with Crippen LogP contribution in [0.3, 0.4) is 0 Å². The Morgan fingerprint density at radius 3 is 2.80 bits per heavy atom. The summed E-state index contributed by atoms with van der Waals surface area (Å²) in [5.41, 5.74) is 3.54. The van der Waals surface area contributed by atoms with Gasteiger partial charge in [0.15, 0.2) is 5.65 Å². The first-order valence-electron chi connectivity index (χ1n) is 8.02. The number of aromatic nitrogens is 4. The topological polar surface area (TPSA) is 72.6 Å². The number of hydrogen-bond donors (Lipinski definition) is 0. The minimum atomic E-state index is -0.288. The summed E-state index contributed by atoms with van der Waals surface area (Å²) in [6.07, 6.45) is 1.71. The zero-order chi connectivity index (χ0) is 18.0. The molecule has 0 saturated heterocycles. The number of likely N-dealkylation sites (N-methyl/N-ethyl adjacent to an activating group) is 1. The van der Waals surface area contributed by atoms with Gasteiger partial charge in [0.05, 0.1) is 24.0 Å². The van der Waals surface area contributed by atoms with Crippen LogP contribution in [0.5, 0.6) is 0 Å². The minimum Gasteiger partial charge on any atom is -0.382 e. The van der Waals surface area contributed by atoms with Crippen LogP contribution in [-0.2, 0) is 4.74 Å². The van der Waals surface area contributed by atoms with Crippen molar-refractivity contribution in [1.29, 1.82) is 0 Å². The van der Waals surface area contributed by atoms with E-state index in [1.807, 2.05) is 38.1 Å². The molecule has 0 aliphatic heterocycles. The molecule has 3 heterocycles. The highest BCUT2D eigenvalue weighted by atomic mass is 16.5. The monoisotopic (exact) mass is 339 g/mol. The summed E-state index contributed by atoms with van der Waals surface area (Å²) in [6, 6.07) is 8.94. The lowest BCUT2D eigenvalue weighted by Crippen LogP contribution is -2.35. The molecular formula is C18H21N5O2. The van der Waals surface area contributed by atoms with E-state index in [2.05, 4.69) is 15.1 Å². The number of hydrogen-bond acceptors (Lipinski definition) is 5. The van der Waals surface area contributed by atoms with Crippen molar-refractivity contribution in [3.05, 3.63) is 59.3 Å². The van der Waals surface area contributed by atoms with Gasteiger partial charge in [0.1, 0.15) is 5.69 Å². The Hall–Kier alpha value is -2.80. The van der Waals surface area contributed by atoms with Gasteiger partial charge < -0.3 is 9.64 Å². The van der Waals surface area contributed by atoms with E-state index in [0.717, 1.165) is 17.1 Å². The number of ether oxygens (including phenoxy) is 1. The van der Waals surface area contributed by atoms with Gasteiger partial charge in [-0.05, 0) is 32.0 Å². The van der Waals surface area contributed by atoms with Crippen LogP contribution >= 0.6 is 0 Å². The Morgan fingerprint density at radius 2 is 2.12 bits per heavy atom. The molecule has 0 aromatic carbocycles. The summed E-state index contributed by atoms with van der Waals surface area (Å²) in [6.45, 7) is 4.16. The van der Waals surface area contributed by atoms with Crippen LogP contribution in [-0.4, -0.2) is 51.2 Å². The van der Waals surface area contributed by atoms with Crippen molar-refractivity contribution >= 4 is 11.6 Å². The van der Waals surface area contributed by atoms with Gasteiger partial charge in [-0.15, -0.1) is 0 Å². The maximum Gasteiger partial charge on any atom is 0.272 e. The zero-order valence-corrected chi connectivity index (χ0v) is 14.8. The molecule has 1 amide bonds. The van der Waals surface area contributed by atoms with E-state index in [0.29, 0.717) is 17.9 Å². The molecule has 3 aromatic rings. The number of nitrogens with zero attached hydrogens (tertiary/aromatic N) is 5. The Kier molecular flexibility index (Phi) is 4.76. The first kappa shape index (κ1) is 17.0. The van der Waals surface area contributed by atoms with Crippen LogP contribution in [0.25, 0.3) is 5.65 Å². The summed E-state index contributed by atoms with van der Waals surface area (Å²) in [7, 11) is 3.35. The smallest absolute Gasteiger partial charge is 0.272 e. The van der Waals surface area contributed by atoms with Crippen molar-refractivity contribution in [2.24, 2.45) is 0 Å². The third-order valence-electron chi connectivity index (χ3n) is 4.09. The normalized spacial score (nSPS) is 12.3. The molecule has 1 atom stereocenters. The van der Waals surface area contributed by atoms with Gasteiger partial charge in [-0.3, -0.25) is 9.78 Å². The molecule has 7 nitrogen and oxygen atoms in total. The second-order valence-electron chi connectivity index (χ2n) is 5.98. The van der Waals surface area contributed by atoms with Crippen molar-refractivity contribution in [1.82, 2.24) is 24.5 Å². The van der Waals surface area contributed by atoms with Crippen LogP contribution in [0.2, 0.25) is 0 Å². The molecule has 1 unspecified atom stereocenters. The van der Waals surface area contributed by atoms with Crippen LogP contribution in [0.4, 0.5) is 0 Å². The molecule has 0 bridgehead atoms. The van der Waals surface area contributed by atoms with Crippen LogP contribution in [0.1, 0.15) is 33.6 Å². The van der Waals surface area contributed by atoms with Crippen LogP contribution in [0, 0.1) is 13.8 Å². The molecule has 130 valence electrons. The van der Waals surface area contributed by atoms with E-state index in [-0.39, 0.29) is 11.9 Å². The molecule has 25 heavy (non-hydrogen) atoms. The molecule has 0 N–H and O–H groups in total. The van der Waals surface area contributed by atoms with E-state index >= 15 is 0 Å². The lowest BCUT2D eigenvalue weighted by Gasteiger charge is -2.27. The van der Waals surface area contributed by atoms with Gasteiger partial charge >= 0.3 is 0 Å². The summed E-state index contributed by atoms with van der Waals surface area (Å²) in [4.78, 5) is 23.4. The Labute approximate surface area is 146 Å². The SMILES string of the molecule is COCC(c1ccccn1)N(C)C(=O)c1cc(C)n2nc(C)cc2n1. The maximum absolute atomic E-state index is 13.0. The number of pyridine rings is 1. The first-order chi connectivity index (χ1) is 12.0. The summed E-state index contributed by atoms with van der Waals surface area (Å²) < 4.78 is 7.03. The second kappa shape index (κ2) is 6.98. The number of rotatable bonds is 5. The summed E-state index contributed by atoms with van der Waals surface area (Å²) in [5, 5.41) is 4.37. The van der Waals surface area contributed by atoms with E-state index in [1.54, 1.807) is 35.8 Å². The van der Waals surface area contributed by atoms with Crippen molar-refractivity contribution in [3.63, 3.8) is 0 Å². The van der Waals surface area contributed by atoms with E-state index < -0.39 is 0 Å². The van der Waals surface area contributed by atoms with E-state index in [9.17, 15) is 4.79 Å². The Morgan fingerprint density at radius 1 is 1.32 bits per heavy atom. The lowest BCUT2D eigenvalue weighted by atomic mass is 10.1. The minimum absolute atomic E-state index is 0.183. The average Bonchev–Trinajstić information content (AvgIpc) is 3.00.